The molecule has 0 aliphatic heterocycles. The van der Waals surface area contributed by atoms with Crippen LogP contribution in [0, 0.1) is 11.8 Å². The van der Waals surface area contributed by atoms with Gasteiger partial charge in [-0.05, 0) is 45.4 Å². The summed E-state index contributed by atoms with van der Waals surface area (Å²) >= 11 is 0. The summed E-state index contributed by atoms with van der Waals surface area (Å²) in [5, 5.41) is 3.14. The number of rotatable bonds is 4. The van der Waals surface area contributed by atoms with Gasteiger partial charge in [0.1, 0.15) is 0 Å². The Morgan fingerprint density at radius 3 is 2.65 bits per heavy atom. The Bertz CT molecular complexity index is 263. The van der Waals surface area contributed by atoms with Crippen molar-refractivity contribution in [2.75, 3.05) is 0 Å². The number of carbonyl (C=O) groups is 1. The van der Waals surface area contributed by atoms with E-state index in [1.165, 1.54) is 6.42 Å². The molecule has 0 aromatic rings. The smallest absolute Gasteiger partial charge is 0.223 e. The van der Waals surface area contributed by atoms with Crippen molar-refractivity contribution in [2.45, 2.75) is 71.4 Å². The highest BCUT2D eigenvalue weighted by molar-refractivity contribution is 5.79. The van der Waals surface area contributed by atoms with Crippen molar-refractivity contribution < 1.29 is 4.79 Å². The lowest BCUT2D eigenvalue weighted by Gasteiger charge is -2.33. The fraction of sp³-hybridized carbons (Fsp3) is 0.929. The molecule has 0 spiro atoms. The molecule has 1 amide bonds. The quantitative estimate of drug-likeness (QED) is 0.793. The second-order valence-corrected chi connectivity index (χ2v) is 6.20. The molecule has 1 rings (SSSR count). The Labute approximate surface area is 106 Å². The topological polar surface area (TPSA) is 55.1 Å². The number of hydrogen-bond donors (Lipinski definition) is 2. The van der Waals surface area contributed by atoms with Crippen LogP contribution in [0.15, 0.2) is 0 Å². The minimum Gasteiger partial charge on any atom is -0.351 e. The Morgan fingerprint density at radius 1 is 1.47 bits per heavy atom. The Hall–Kier alpha value is -0.570. The second kappa shape index (κ2) is 5.85. The van der Waals surface area contributed by atoms with Gasteiger partial charge >= 0.3 is 0 Å². The van der Waals surface area contributed by atoms with Gasteiger partial charge in [0.25, 0.3) is 0 Å². The fourth-order valence-corrected chi connectivity index (χ4v) is 2.47. The molecule has 1 saturated carbocycles. The van der Waals surface area contributed by atoms with Crippen molar-refractivity contribution in [3.05, 3.63) is 0 Å². The van der Waals surface area contributed by atoms with Gasteiger partial charge in [-0.1, -0.05) is 20.3 Å². The van der Waals surface area contributed by atoms with Gasteiger partial charge in [0.2, 0.25) is 5.91 Å². The van der Waals surface area contributed by atoms with Crippen molar-refractivity contribution in [1.82, 2.24) is 5.32 Å². The summed E-state index contributed by atoms with van der Waals surface area (Å²) in [6, 6.07) is 0.295. The summed E-state index contributed by atoms with van der Waals surface area (Å²) in [6.07, 6.45) is 5.39. The van der Waals surface area contributed by atoms with E-state index in [2.05, 4.69) is 26.1 Å². The van der Waals surface area contributed by atoms with Crippen LogP contribution in [0.2, 0.25) is 0 Å². The van der Waals surface area contributed by atoms with Gasteiger partial charge in [0.05, 0.1) is 0 Å². The molecule has 0 bridgehead atoms. The highest BCUT2D eigenvalue weighted by Crippen LogP contribution is 2.29. The van der Waals surface area contributed by atoms with E-state index >= 15 is 0 Å². The lowest BCUT2D eigenvalue weighted by molar-refractivity contribution is -0.128. The molecule has 3 atom stereocenters. The van der Waals surface area contributed by atoms with Crippen molar-refractivity contribution in [1.29, 1.82) is 0 Å². The van der Waals surface area contributed by atoms with Crippen molar-refractivity contribution >= 4 is 5.91 Å². The molecule has 0 aromatic carbocycles. The third-order valence-corrected chi connectivity index (χ3v) is 4.22. The molecule has 0 radical (unpaired) electrons. The molecular weight excluding hydrogens is 212 g/mol. The zero-order valence-corrected chi connectivity index (χ0v) is 11.8. The number of carbonyl (C=O) groups excluding carboxylic acids is 1. The van der Waals surface area contributed by atoms with Crippen LogP contribution in [-0.2, 0) is 4.79 Å². The lowest BCUT2D eigenvalue weighted by atomic mass is 9.78. The van der Waals surface area contributed by atoms with Gasteiger partial charge in [0, 0.05) is 17.5 Å². The summed E-state index contributed by atoms with van der Waals surface area (Å²) in [4.78, 5) is 12.2. The molecule has 1 aliphatic carbocycles. The summed E-state index contributed by atoms with van der Waals surface area (Å²) in [6.45, 7) is 8.29. The maximum atomic E-state index is 12.2. The number of nitrogens with two attached hydrogens (primary N) is 1. The second-order valence-electron chi connectivity index (χ2n) is 6.20. The largest absolute Gasteiger partial charge is 0.351 e. The maximum Gasteiger partial charge on any atom is 0.223 e. The Morgan fingerprint density at radius 2 is 2.12 bits per heavy atom. The highest BCUT2D eigenvalue weighted by Gasteiger charge is 2.30. The molecule has 100 valence electrons. The number of amides is 1. The average Bonchev–Trinajstić information content (AvgIpc) is 2.27. The molecule has 1 aliphatic rings. The zero-order chi connectivity index (χ0) is 13.1. The maximum absolute atomic E-state index is 12.2. The van der Waals surface area contributed by atoms with E-state index in [1.54, 1.807) is 0 Å². The molecule has 0 heterocycles. The first-order valence-electron chi connectivity index (χ1n) is 6.93. The molecule has 3 nitrogen and oxygen atoms in total. The third kappa shape index (κ3) is 4.30. The lowest BCUT2D eigenvalue weighted by Crippen LogP contribution is -2.47. The number of hydrogen-bond acceptors (Lipinski definition) is 2. The van der Waals surface area contributed by atoms with Gasteiger partial charge in [-0.2, -0.15) is 0 Å². The predicted octanol–water partition coefficient (Wildman–Crippen LogP) is 2.44. The van der Waals surface area contributed by atoms with Crippen LogP contribution in [0.4, 0.5) is 0 Å². The van der Waals surface area contributed by atoms with Crippen LogP contribution in [0.5, 0.6) is 0 Å². The van der Waals surface area contributed by atoms with Crippen LogP contribution in [0.1, 0.15) is 59.8 Å². The predicted molar refractivity (Wildman–Crippen MR) is 71.6 cm³/mol. The monoisotopic (exact) mass is 240 g/mol. The van der Waals surface area contributed by atoms with Crippen LogP contribution in [0.25, 0.3) is 0 Å². The highest BCUT2D eigenvalue weighted by atomic mass is 16.2. The van der Waals surface area contributed by atoms with E-state index in [0.717, 1.165) is 25.7 Å². The normalized spacial score (nSPS) is 27.6. The molecule has 3 N–H and O–H groups in total. The summed E-state index contributed by atoms with van der Waals surface area (Å²) in [7, 11) is 0. The fourth-order valence-electron chi connectivity index (χ4n) is 2.47. The molecule has 0 saturated heterocycles. The van der Waals surface area contributed by atoms with E-state index in [-0.39, 0.29) is 17.4 Å². The van der Waals surface area contributed by atoms with Crippen LogP contribution >= 0.6 is 0 Å². The minimum atomic E-state index is -0.0951. The van der Waals surface area contributed by atoms with E-state index in [4.69, 9.17) is 5.73 Å². The van der Waals surface area contributed by atoms with Crippen molar-refractivity contribution in [2.24, 2.45) is 17.6 Å². The molecule has 3 heteroatoms. The zero-order valence-electron chi connectivity index (χ0n) is 11.8. The van der Waals surface area contributed by atoms with Crippen LogP contribution < -0.4 is 11.1 Å². The summed E-state index contributed by atoms with van der Waals surface area (Å²) < 4.78 is 0. The van der Waals surface area contributed by atoms with Crippen molar-refractivity contribution in [3.63, 3.8) is 0 Å². The van der Waals surface area contributed by atoms with Gasteiger partial charge < -0.3 is 11.1 Å². The number of nitrogens with one attached hydrogen (secondary N) is 1. The summed E-state index contributed by atoms with van der Waals surface area (Å²) in [5.41, 5.74) is 5.89. The van der Waals surface area contributed by atoms with Crippen molar-refractivity contribution in [3.8, 4) is 0 Å². The molecule has 1 fully saturated rings. The standard InChI is InChI=1S/C14H28N2O/c1-5-14(3,4)16-13(17)10(2)11-7-6-8-12(15)9-11/h10-12H,5-9,15H2,1-4H3,(H,16,17). The Kier molecular flexibility index (Phi) is 4.99. The van der Waals surface area contributed by atoms with E-state index < -0.39 is 0 Å². The van der Waals surface area contributed by atoms with E-state index in [9.17, 15) is 4.79 Å². The van der Waals surface area contributed by atoms with Gasteiger partial charge in [-0.3, -0.25) is 4.79 Å². The van der Waals surface area contributed by atoms with Gasteiger partial charge in [0.15, 0.2) is 0 Å². The Balaban J connectivity index is 2.51. The molecular formula is C14H28N2O. The first-order chi connectivity index (χ1) is 7.85. The minimum absolute atomic E-state index is 0.0900. The van der Waals surface area contributed by atoms with Crippen LogP contribution in [-0.4, -0.2) is 17.5 Å². The molecule has 0 aromatic heterocycles. The molecule has 17 heavy (non-hydrogen) atoms. The first-order valence-corrected chi connectivity index (χ1v) is 6.93. The van der Waals surface area contributed by atoms with E-state index in [1.807, 2.05) is 6.92 Å². The average molecular weight is 240 g/mol. The van der Waals surface area contributed by atoms with Crippen LogP contribution in [0.3, 0.4) is 0 Å². The summed E-state index contributed by atoms with van der Waals surface area (Å²) in [5.74, 6) is 0.745. The first kappa shape index (κ1) is 14.5. The third-order valence-electron chi connectivity index (χ3n) is 4.22. The van der Waals surface area contributed by atoms with Gasteiger partial charge in [-0.15, -0.1) is 0 Å². The van der Waals surface area contributed by atoms with E-state index in [0.29, 0.717) is 12.0 Å². The SMILES string of the molecule is CCC(C)(C)NC(=O)C(C)C1CCCC(N)C1. The molecule has 3 unspecified atom stereocenters. The van der Waals surface area contributed by atoms with Gasteiger partial charge in [-0.25, -0.2) is 0 Å².